The van der Waals surface area contributed by atoms with E-state index >= 15 is 0 Å². The number of benzene rings is 1. The summed E-state index contributed by atoms with van der Waals surface area (Å²) in [7, 11) is -3.31. The van der Waals surface area contributed by atoms with E-state index in [1.165, 1.54) is 16.1 Å². The number of primary amides is 1. The number of hydrogen-bond donors (Lipinski definition) is 1. The Morgan fingerprint density at radius 1 is 1.23 bits per heavy atom. The van der Waals surface area contributed by atoms with Crippen molar-refractivity contribution in [3.63, 3.8) is 0 Å². The van der Waals surface area contributed by atoms with Crippen LogP contribution in [-0.2, 0) is 21.2 Å². The second-order valence-electron chi connectivity index (χ2n) is 5.76. The van der Waals surface area contributed by atoms with Crippen molar-refractivity contribution in [2.45, 2.75) is 6.42 Å². The van der Waals surface area contributed by atoms with Crippen LogP contribution in [0.3, 0.4) is 0 Å². The minimum Gasteiger partial charge on any atom is -0.369 e. The fraction of sp³-hybridized carbons (Fsp3) is 0.533. The smallest absolute Gasteiger partial charge is 0.223 e. The maximum atomic E-state index is 11.7. The molecule has 0 saturated carbocycles. The van der Waals surface area contributed by atoms with Gasteiger partial charge in [-0.15, -0.1) is 0 Å². The van der Waals surface area contributed by atoms with E-state index in [0.717, 1.165) is 13.0 Å². The highest BCUT2D eigenvalue weighted by atomic mass is 32.2. The van der Waals surface area contributed by atoms with Gasteiger partial charge in [-0.1, -0.05) is 30.3 Å². The molecular weight excluding hydrogens is 302 g/mol. The average molecular weight is 325 g/mol. The Balaban J connectivity index is 2.02. The molecule has 0 spiro atoms. The van der Waals surface area contributed by atoms with Crippen LogP contribution in [0.15, 0.2) is 30.3 Å². The van der Waals surface area contributed by atoms with Crippen molar-refractivity contribution < 1.29 is 13.2 Å². The number of nitrogens with two attached hydrogens (primary N) is 1. The van der Waals surface area contributed by atoms with Gasteiger partial charge < -0.3 is 10.6 Å². The van der Waals surface area contributed by atoms with Crippen LogP contribution in [-0.4, -0.2) is 62.5 Å². The maximum Gasteiger partial charge on any atom is 0.223 e. The Morgan fingerprint density at radius 2 is 1.91 bits per heavy atom. The highest BCUT2D eigenvalue weighted by Gasteiger charge is 2.30. The number of nitrogens with zero attached hydrogens (tertiary/aromatic N) is 2. The van der Waals surface area contributed by atoms with E-state index in [0.29, 0.717) is 19.6 Å². The van der Waals surface area contributed by atoms with Crippen molar-refractivity contribution in [1.29, 1.82) is 0 Å². The largest absolute Gasteiger partial charge is 0.369 e. The second kappa shape index (κ2) is 7.21. The van der Waals surface area contributed by atoms with Crippen molar-refractivity contribution in [2.75, 3.05) is 39.0 Å². The SMILES string of the molecule is CS(=O)(=O)N1CCN(CCc2ccccc2)CC(C(N)=O)C1. The maximum absolute atomic E-state index is 11.7. The Bertz CT molecular complexity index is 604. The zero-order valence-electron chi connectivity index (χ0n) is 12.8. The van der Waals surface area contributed by atoms with Crippen molar-refractivity contribution in [2.24, 2.45) is 11.7 Å². The first-order chi connectivity index (χ1) is 10.4. The zero-order chi connectivity index (χ0) is 16.2. The van der Waals surface area contributed by atoms with E-state index in [2.05, 4.69) is 17.0 Å². The van der Waals surface area contributed by atoms with Crippen LogP contribution in [0.25, 0.3) is 0 Å². The predicted molar refractivity (Wildman–Crippen MR) is 85.7 cm³/mol. The summed E-state index contributed by atoms with van der Waals surface area (Å²) in [6, 6.07) is 10.1. The van der Waals surface area contributed by atoms with Crippen LogP contribution < -0.4 is 5.73 Å². The summed E-state index contributed by atoms with van der Waals surface area (Å²) in [4.78, 5) is 13.7. The normalized spacial score (nSPS) is 21.4. The summed E-state index contributed by atoms with van der Waals surface area (Å²) < 4.78 is 24.8. The molecule has 6 nitrogen and oxygen atoms in total. The molecule has 1 atom stereocenters. The molecule has 1 amide bonds. The van der Waals surface area contributed by atoms with Crippen LogP contribution in [0, 0.1) is 5.92 Å². The molecular formula is C15H23N3O3S. The molecule has 1 unspecified atom stereocenters. The van der Waals surface area contributed by atoms with Gasteiger partial charge in [-0.2, -0.15) is 0 Å². The van der Waals surface area contributed by atoms with Gasteiger partial charge in [0.05, 0.1) is 12.2 Å². The topological polar surface area (TPSA) is 83.7 Å². The number of sulfonamides is 1. The number of hydrogen-bond acceptors (Lipinski definition) is 4. The first-order valence-corrected chi connectivity index (χ1v) is 9.22. The van der Waals surface area contributed by atoms with Crippen molar-refractivity contribution >= 4 is 15.9 Å². The van der Waals surface area contributed by atoms with Gasteiger partial charge in [-0.25, -0.2) is 12.7 Å². The number of carbonyl (C=O) groups excluding carboxylic acids is 1. The Kier molecular flexibility index (Phi) is 5.55. The number of rotatable bonds is 5. The van der Waals surface area contributed by atoms with Gasteiger partial charge in [-0.3, -0.25) is 4.79 Å². The van der Waals surface area contributed by atoms with Gasteiger partial charge in [-0.05, 0) is 12.0 Å². The molecule has 1 aliphatic heterocycles. The minimum absolute atomic E-state index is 0.177. The third-order valence-corrected chi connectivity index (χ3v) is 5.27. The van der Waals surface area contributed by atoms with Gasteiger partial charge in [0.1, 0.15) is 0 Å². The van der Waals surface area contributed by atoms with Crippen LogP contribution in [0.5, 0.6) is 0 Å². The quantitative estimate of drug-likeness (QED) is 0.820. The van der Waals surface area contributed by atoms with E-state index in [1.807, 2.05) is 18.2 Å². The van der Waals surface area contributed by atoms with Gasteiger partial charge in [0.25, 0.3) is 0 Å². The van der Waals surface area contributed by atoms with Gasteiger partial charge in [0, 0.05) is 32.7 Å². The van der Waals surface area contributed by atoms with E-state index in [-0.39, 0.29) is 6.54 Å². The molecule has 0 radical (unpaired) electrons. The Hall–Kier alpha value is -1.44. The first-order valence-electron chi connectivity index (χ1n) is 7.37. The van der Waals surface area contributed by atoms with E-state index in [1.54, 1.807) is 0 Å². The third kappa shape index (κ3) is 4.79. The van der Waals surface area contributed by atoms with Crippen LogP contribution in [0.2, 0.25) is 0 Å². The molecule has 1 heterocycles. The van der Waals surface area contributed by atoms with E-state index in [4.69, 9.17) is 5.73 Å². The van der Waals surface area contributed by atoms with E-state index in [9.17, 15) is 13.2 Å². The molecule has 22 heavy (non-hydrogen) atoms. The number of amides is 1. The summed E-state index contributed by atoms with van der Waals surface area (Å²) in [5.74, 6) is -0.909. The fourth-order valence-electron chi connectivity index (χ4n) is 2.67. The summed E-state index contributed by atoms with van der Waals surface area (Å²) in [5.41, 5.74) is 6.65. The Labute approximate surface area is 131 Å². The average Bonchev–Trinajstić information content (AvgIpc) is 2.68. The summed E-state index contributed by atoms with van der Waals surface area (Å²) in [6.07, 6.45) is 2.04. The molecule has 1 aromatic carbocycles. The molecule has 1 fully saturated rings. The fourth-order valence-corrected chi connectivity index (χ4v) is 3.53. The molecule has 2 rings (SSSR count). The molecule has 1 aliphatic rings. The summed E-state index contributed by atoms with van der Waals surface area (Å²) in [5, 5.41) is 0. The van der Waals surface area contributed by atoms with Gasteiger partial charge in [0.2, 0.25) is 15.9 Å². The summed E-state index contributed by atoms with van der Waals surface area (Å²) in [6.45, 7) is 2.48. The first kappa shape index (κ1) is 16.9. The monoisotopic (exact) mass is 325 g/mol. The van der Waals surface area contributed by atoms with Crippen molar-refractivity contribution in [1.82, 2.24) is 9.21 Å². The van der Waals surface area contributed by atoms with Crippen molar-refractivity contribution in [3.8, 4) is 0 Å². The second-order valence-corrected chi connectivity index (χ2v) is 7.74. The Morgan fingerprint density at radius 3 is 2.50 bits per heavy atom. The van der Waals surface area contributed by atoms with E-state index < -0.39 is 21.8 Å². The lowest BCUT2D eigenvalue weighted by molar-refractivity contribution is -0.122. The zero-order valence-corrected chi connectivity index (χ0v) is 13.6. The van der Waals surface area contributed by atoms with Crippen molar-refractivity contribution in [3.05, 3.63) is 35.9 Å². The van der Waals surface area contributed by atoms with Gasteiger partial charge in [0.15, 0.2) is 0 Å². The highest BCUT2D eigenvalue weighted by molar-refractivity contribution is 7.88. The molecule has 122 valence electrons. The lowest BCUT2D eigenvalue weighted by Gasteiger charge is -2.22. The standard InChI is InChI=1S/C15H23N3O3S/c1-22(20,21)18-10-9-17(11-14(12-18)15(16)19)8-7-13-5-3-2-4-6-13/h2-6,14H,7-12H2,1H3,(H2,16,19). The highest BCUT2D eigenvalue weighted by Crippen LogP contribution is 2.13. The van der Waals surface area contributed by atoms with Gasteiger partial charge >= 0.3 is 0 Å². The molecule has 1 saturated heterocycles. The molecule has 7 heteroatoms. The van der Waals surface area contributed by atoms with Crippen LogP contribution in [0.1, 0.15) is 5.56 Å². The lowest BCUT2D eigenvalue weighted by Crippen LogP contribution is -2.40. The van der Waals surface area contributed by atoms with Crippen LogP contribution >= 0.6 is 0 Å². The molecule has 0 bridgehead atoms. The minimum atomic E-state index is -3.31. The molecule has 0 aliphatic carbocycles. The summed E-state index contributed by atoms with van der Waals surface area (Å²) >= 11 is 0. The molecule has 2 N–H and O–H groups in total. The molecule has 0 aromatic heterocycles. The predicted octanol–water partition coefficient (Wildman–Crippen LogP) is -0.0922. The molecule has 1 aromatic rings. The lowest BCUT2D eigenvalue weighted by atomic mass is 10.1. The number of carbonyl (C=O) groups is 1. The van der Waals surface area contributed by atoms with Crippen LogP contribution in [0.4, 0.5) is 0 Å². The third-order valence-electron chi connectivity index (χ3n) is 4.00.